The maximum atomic E-state index is 5.70. The zero-order chi connectivity index (χ0) is 13.0. The molecule has 0 aliphatic carbocycles. The van der Waals surface area contributed by atoms with Crippen molar-refractivity contribution in [2.45, 2.75) is 13.8 Å². The van der Waals surface area contributed by atoms with Gasteiger partial charge in [-0.3, -0.25) is 0 Å². The summed E-state index contributed by atoms with van der Waals surface area (Å²) in [5, 5.41) is 0. The Morgan fingerprint density at radius 1 is 1.17 bits per heavy atom. The maximum Gasteiger partial charge on any atom is 0.222 e. The molecule has 18 heavy (non-hydrogen) atoms. The van der Waals surface area contributed by atoms with Crippen molar-refractivity contribution in [2.24, 2.45) is 0 Å². The van der Waals surface area contributed by atoms with Crippen LogP contribution < -0.4 is 15.2 Å². The molecule has 4 heteroatoms. The van der Waals surface area contributed by atoms with Gasteiger partial charge in [-0.1, -0.05) is 6.07 Å². The molecular formula is C14H16N2O2. The van der Waals surface area contributed by atoms with Crippen LogP contribution in [0.3, 0.4) is 0 Å². The number of rotatable bonds is 4. The SMILES string of the molecule is CCOc1cccc(Oc2ccc(N)cc2C)n1. The molecule has 94 valence electrons. The van der Waals surface area contributed by atoms with Crippen LogP contribution >= 0.6 is 0 Å². The molecule has 0 unspecified atom stereocenters. The summed E-state index contributed by atoms with van der Waals surface area (Å²) in [5.74, 6) is 1.81. The second kappa shape index (κ2) is 5.40. The van der Waals surface area contributed by atoms with Gasteiger partial charge < -0.3 is 15.2 Å². The second-order valence-electron chi connectivity index (χ2n) is 3.87. The lowest BCUT2D eigenvalue weighted by Gasteiger charge is -2.09. The van der Waals surface area contributed by atoms with Gasteiger partial charge in [0.25, 0.3) is 0 Å². The summed E-state index contributed by atoms with van der Waals surface area (Å²) in [5.41, 5.74) is 7.38. The second-order valence-corrected chi connectivity index (χ2v) is 3.87. The minimum atomic E-state index is 0.508. The molecule has 1 aromatic heterocycles. The third-order valence-corrected chi connectivity index (χ3v) is 2.40. The molecule has 1 heterocycles. The van der Waals surface area contributed by atoms with Crippen LogP contribution in [0.2, 0.25) is 0 Å². The van der Waals surface area contributed by atoms with Crippen LogP contribution in [0.15, 0.2) is 36.4 Å². The molecule has 0 aliphatic rings. The topological polar surface area (TPSA) is 57.4 Å². The Balaban J connectivity index is 2.20. The summed E-state index contributed by atoms with van der Waals surface area (Å²) in [7, 11) is 0. The average molecular weight is 244 g/mol. The first-order chi connectivity index (χ1) is 8.69. The first kappa shape index (κ1) is 12.2. The molecule has 0 fully saturated rings. The van der Waals surface area contributed by atoms with Gasteiger partial charge in [0.1, 0.15) is 5.75 Å². The van der Waals surface area contributed by atoms with Gasteiger partial charge in [-0.05, 0) is 37.6 Å². The van der Waals surface area contributed by atoms with Crippen LogP contribution in [-0.2, 0) is 0 Å². The standard InChI is InChI=1S/C14H16N2O2/c1-3-17-13-5-4-6-14(16-13)18-12-8-7-11(15)9-10(12)2/h4-9H,3,15H2,1-2H3. The zero-order valence-corrected chi connectivity index (χ0v) is 10.5. The Morgan fingerprint density at radius 2 is 1.94 bits per heavy atom. The van der Waals surface area contributed by atoms with Crippen molar-refractivity contribution in [3.63, 3.8) is 0 Å². The highest BCUT2D eigenvalue weighted by Gasteiger charge is 2.04. The Morgan fingerprint density at radius 3 is 2.67 bits per heavy atom. The quantitative estimate of drug-likeness (QED) is 0.839. The molecule has 2 rings (SSSR count). The smallest absolute Gasteiger partial charge is 0.222 e. The Bertz CT molecular complexity index is 541. The van der Waals surface area contributed by atoms with Crippen molar-refractivity contribution >= 4 is 5.69 Å². The molecule has 0 radical (unpaired) electrons. The number of pyridine rings is 1. The van der Waals surface area contributed by atoms with Crippen LogP contribution in [0, 0.1) is 6.92 Å². The average Bonchev–Trinajstić information content (AvgIpc) is 2.34. The van der Waals surface area contributed by atoms with E-state index in [0.29, 0.717) is 18.4 Å². The van der Waals surface area contributed by atoms with Crippen LogP contribution in [0.4, 0.5) is 5.69 Å². The van der Waals surface area contributed by atoms with E-state index in [0.717, 1.165) is 17.0 Å². The molecule has 0 saturated heterocycles. The first-order valence-corrected chi connectivity index (χ1v) is 5.83. The third-order valence-electron chi connectivity index (χ3n) is 2.40. The molecule has 0 spiro atoms. The van der Waals surface area contributed by atoms with Crippen molar-refractivity contribution in [3.05, 3.63) is 42.0 Å². The van der Waals surface area contributed by atoms with Crippen molar-refractivity contribution in [1.82, 2.24) is 4.98 Å². The summed E-state index contributed by atoms with van der Waals surface area (Å²) >= 11 is 0. The number of hydrogen-bond acceptors (Lipinski definition) is 4. The van der Waals surface area contributed by atoms with Crippen molar-refractivity contribution in [1.29, 1.82) is 0 Å². The Kier molecular flexibility index (Phi) is 3.67. The molecule has 0 atom stereocenters. The van der Waals surface area contributed by atoms with E-state index in [2.05, 4.69) is 4.98 Å². The minimum Gasteiger partial charge on any atom is -0.478 e. The van der Waals surface area contributed by atoms with Gasteiger partial charge in [0.05, 0.1) is 6.61 Å². The Labute approximate surface area is 106 Å². The number of benzene rings is 1. The molecule has 2 aromatic rings. The lowest BCUT2D eigenvalue weighted by Crippen LogP contribution is -1.96. The summed E-state index contributed by atoms with van der Waals surface area (Å²) < 4.78 is 11.0. The van der Waals surface area contributed by atoms with Crippen LogP contribution in [0.5, 0.6) is 17.5 Å². The number of ether oxygens (including phenoxy) is 2. The van der Waals surface area contributed by atoms with Gasteiger partial charge in [0.15, 0.2) is 0 Å². The van der Waals surface area contributed by atoms with Crippen molar-refractivity contribution in [2.75, 3.05) is 12.3 Å². The van der Waals surface area contributed by atoms with Gasteiger partial charge in [0, 0.05) is 17.8 Å². The van der Waals surface area contributed by atoms with E-state index >= 15 is 0 Å². The van der Waals surface area contributed by atoms with Gasteiger partial charge in [0.2, 0.25) is 11.8 Å². The Hall–Kier alpha value is -2.23. The fourth-order valence-electron chi connectivity index (χ4n) is 1.58. The largest absolute Gasteiger partial charge is 0.478 e. The van der Waals surface area contributed by atoms with E-state index < -0.39 is 0 Å². The number of nitrogens with zero attached hydrogens (tertiary/aromatic N) is 1. The lowest BCUT2D eigenvalue weighted by atomic mass is 10.2. The van der Waals surface area contributed by atoms with Crippen molar-refractivity contribution < 1.29 is 9.47 Å². The van der Waals surface area contributed by atoms with Gasteiger partial charge in [-0.25, -0.2) is 0 Å². The highest BCUT2D eigenvalue weighted by Crippen LogP contribution is 2.26. The predicted molar refractivity (Wildman–Crippen MR) is 71.1 cm³/mol. The lowest BCUT2D eigenvalue weighted by molar-refractivity contribution is 0.321. The van der Waals surface area contributed by atoms with Gasteiger partial charge >= 0.3 is 0 Å². The number of hydrogen-bond donors (Lipinski definition) is 1. The van der Waals surface area contributed by atoms with Crippen molar-refractivity contribution in [3.8, 4) is 17.5 Å². The molecule has 0 aliphatic heterocycles. The molecule has 2 N–H and O–H groups in total. The summed E-state index contributed by atoms with van der Waals surface area (Å²) in [6.45, 7) is 4.44. The molecule has 4 nitrogen and oxygen atoms in total. The summed E-state index contributed by atoms with van der Waals surface area (Å²) in [6.07, 6.45) is 0. The van der Waals surface area contributed by atoms with Crippen LogP contribution in [0.25, 0.3) is 0 Å². The highest BCUT2D eigenvalue weighted by atomic mass is 16.5. The van der Waals surface area contributed by atoms with E-state index in [4.69, 9.17) is 15.2 Å². The third kappa shape index (κ3) is 2.91. The van der Waals surface area contributed by atoms with E-state index in [9.17, 15) is 0 Å². The number of anilines is 1. The van der Waals surface area contributed by atoms with E-state index in [1.54, 1.807) is 18.2 Å². The fraction of sp³-hybridized carbons (Fsp3) is 0.214. The van der Waals surface area contributed by atoms with Crippen LogP contribution in [0.1, 0.15) is 12.5 Å². The molecule has 1 aromatic carbocycles. The minimum absolute atomic E-state index is 0.508. The number of nitrogen functional groups attached to an aromatic ring is 1. The fourth-order valence-corrected chi connectivity index (χ4v) is 1.58. The van der Waals surface area contributed by atoms with E-state index in [1.807, 2.05) is 32.0 Å². The molecule has 0 bridgehead atoms. The zero-order valence-electron chi connectivity index (χ0n) is 10.5. The number of aromatic nitrogens is 1. The van der Waals surface area contributed by atoms with Gasteiger partial charge in [-0.2, -0.15) is 4.98 Å². The number of nitrogens with two attached hydrogens (primary N) is 1. The van der Waals surface area contributed by atoms with E-state index in [1.165, 1.54) is 0 Å². The molecule has 0 saturated carbocycles. The normalized spacial score (nSPS) is 10.1. The summed E-state index contributed by atoms with van der Waals surface area (Å²) in [6, 6.07) is 10.9. The molecular weight excluding hydrogens is 228 g/mol. The van der Waals surface area contributed by atoms with E-state index in [-0.39, 0.29) is 0 Å². The predicted octanol–water partition coefficient (Wildman–Crippen LogP) is 3.16. The first-order valence-electron chi connectivity index (χ1n) is 5.83. The summed E-state index contributed by atoms with van der Waals surface area (Å²) in [4.78, 5) is 4.25. The highest BCUT2D eigenvalue weighted by molar-refractivity contribution is 5.48. The maximum absolute atomic E-state index is 5.70. The monoisotopic (exact) mass is 244 g/mol. The molecule has 0 amide bonds. The number of aryl methyl sites for hydroxylation is 1. The van der Waals surface area contributed by atoms with Crippen LogP contribution in [-0.4, -0.2) is 11.6 Å². The van der Waals surface area contributed by atoms with Gasteiger partial charge in [-0.15, -0.1) is 0 Å².